The van der Waals surface area contributed by atoms with E-state index in [-0.39, 0.29) is 5.75 Å². The zero-order valence-electron chi connectivity index (χ0n) is 8.56. The predicted molar refractivity (Wildman–Crippen MR) is 76.1 cm³/mol. The molecule has 16 heavy (non-hydrogen) atoms. The SMILES string of the molecule is Oc1c(Br)cc(Br)c(C2CCNCC2)c1Br. The molecule has 0 unspecified atom stereocenters. The van der Waals surface area contributed by atoms with E-state index >= 15 is 0 Å². The van der Waals surface area contributed by atoms with Crippen molar-refractivity contribution in [1.82, 2.24) is 5.32 Å². The molecule has 1 saturated heterocycles. The molecule has 1 aliphatic heterocycles. The normalized spacial score (nSPS) is 17.7. The van der Waals surface area contributed by atoms with E-state index in [1.807, 2.05) is 6.07 Å². The molecule has 1 aliphatic rings. The van der Waals surface area contributed by atoms with Crippen molar-refractivity contribution in [2.75, 3.05) is 13.1 Å². The molecule has 0 atom stereocenters. The lowest BCUT2D eigenvalue weighted by Crippen LogP contribution is -2.27. The van der Waals surface area contributed by atoms with Gasteiger partial charge in [0.05, 0.1) is 8.95 Å². The monoisotopic (exact) mass is 411 g/mol. The zero-order chi connectivity index (χ0) is 11.7. The van der Waals surface area contributed by atoms with E-state index in [4.69, 9.17) is 0 Å². The average molecular weight is 414 g/mol. The molecule has 88 valence electrons. The molecule has 1 aromatic rings. The van der Waals surface area contributed by atoms with Gasteiger partial charge in [0.25, 0.3) is 0 Å². The van der Waals surface area contributed by atoms with Gasteiger partial charge in [-0.25, -0.2) is 0 Å². The lowest BCUT2D eigenvalue weighted by Gasteiger charge is -2.25. The van der Waals surface area contributed by atoms with Crippen LogP contribution in [0.3, 0.4) is 0 Å². The lowest BCUT2D eigenvalue weighted by molar-refractivity contribution is 0.445. The first kappa shape index (κ1) is 12.9. The molecule has 5 heteroatoms. The highest BCUT2D eigenvalue weighted by Gasteiger charge is 2.23. The summed E-state index contributed by atoms with van der Waals surface area (Å²) in [7, 11) is 0. The maximum absolute atomic E-state index is 9.91. The molecule has 2 N–H and O–H groups in total. The first-order chi connectivity index (χ1) is 7.61. The largest absolute Gasteiger partial charge is 0.506 e. The van der Waals surface area contributed by atoms with Crippen molar-refractivity contribution >= 4 is 47.8 Å². The Kier molecular flexibility index (Phi) is 4.32. The van der Waals surface area contributed by atoms with Gasteiger partial charge in [-0.2, -0.15) is 0 Å². The summed E-state index contributed by atoms with van der Waals surface area (Å²) < 4.78 is 2.57. The fraction of sp³-hybridized carbons (Fsp3) is 0.455. The molecular formula is C11H12Br3NO. The molecule has 1 fully saturated rings. The highest BCUT2D eigenvalue weighted by Crippen LogP contribution is 2.44. The highest BCUT2D eigenvalue weighted by molar-refractivity contribution is 9.11. The van der Waals surface area contributed by atoms with Crippen molar-refractivity contribution in [3.63, 3.8) is 0 Å². The van der Waals surface area contributed by atoms with Gasteiger partial charge in [0.2, 0.25) is 0 Å². The Hall–Kier alpha value is 0.420. The molecule has 0 saturated carbocycles. The Bertz CT molecular complexity index is 403. The van der Waals surface area contributed by atoms with Gasteiger partial charge in [-0.15, -0.1) is 0 Å². The first-order valence-electron chi connectivity index (χ1n) is 5.18. The average Bonchev–Trinajstić information content (AvgIpc) is 2.28. The Labute approximate surface area is 120 Å². The van der Waals surface area contributed by atoms with Crippen LogP contribution in [-0.4, -0.2) is 18.2 Å². The molecule has 0 spiro atoms. The zero-order valence-corrected chi connectivity index (χ0v) is 13.3. The minimum absolute atomic E-state index is 0.289. The topological polar surface area (TPSA) is 32.3 Å². The minimum Gasteiger partial charge on any atom is -0.506 e. The quantitative estimate of drug-likeness (QED) is 0.725. The van der Waals surface area contributed by atoms with Crippen LogP contribution >= 0.6 is 47.8 Å². The summed E-state index contributed by atoms with van der Waals surface area (Å²) in [5.41, 5.74) is 1.18. The molecule has 0 aromatic heterocycles. The van der Waals surface area contributed by atoms with Crippen LogP contribution in [0.5, 0.6) is 5.75 Å². The van der Waals surface area contributed by atoms with Gasteiger partial charge in [-0.1, -0.05) is 15.9 Å². The van der Waals surface area contributed by atoms with E-state index in [9.17, 15) is 5.11 Å². The lowest BCUT2D eigenvalue weighted by atomic mass is 9.90. The number of aromatic hydroxyl groups is 1. The molecule has 0 aliphatic carbocycles. The standard InChI is InChI=1S/C11H12Br3NO/c12-7-5-8(13)11(16)10(14)9(7)6-1-3-15-4-2-6/h5-6,15-16H,1-4H2. The number of phenolic OH excluding ortho intramolecular Hbond substituents is 1. The van der Waals surface area contributed by atoms with Crippen LogP contribution in [0.4, 0.5) is 0 Å². The number of benzene rings is 1. The minimum atomic E-state index is 0.289. The van der Waals surface area contributed by atoms with Crippen LogP contribution in [0.15, 0.2) is 19.5 Å². The van der Waals surface area contributed by atoms with Gasteiger partial charge < -0.3 is 10.4 Å². The molecule has 2 rings (SSSR count). The van der Waals surface area contributed by atoms with Crippen molar-refractivity contribution < 1.29 is 5.11 Å². The number of halogens is 3. The van der Waals surface area contributed by atoms with E-state index < -0.39 is 0 Å². The molecule has 2 nitrogen and oxygen atoms in total. The van der Waals surface area contributed by atoms with Crippen molar-refractivity contribution in [1.29, 1.82) is 0 Å². The van der Waals surface area contributed by atoms with E-state index in [1.54, 1.807) is 0 Å². The van der Waals surface area contributed by atoms with Crippen LogP contribution in [0.1, 0.15) is 24.3 Å². The number of hydrogen-bond donors (Lipinski definition) is 2. The second-order valence-corrected chi connectivity index (χ2v) is 6.44. The molecule has 1 aromatic carbocycles. The second kappa shape index (κ2) is 5.38. The second-order valence-electron chi connectivity index (χ2n) is 3.94. The number of hydrogen-bond acceptors (Lipinski definition) is 2. The Morgan fingerprint density at radius 1 is 1.12 bits per heavy atom. The summed E-state index contributed by atoms with van der Waals surface area (Å²) in [5, 5.41) is 13.3. The van der Waals surface area contributed by atoms with Gasteiger partial charge in [0.1, 0.15) is 5.75 Å². The summed E-state index contributed by atoms with van der Waals surface area (Å²) in [6, 6.07) is 1.91. The number of piperidine rings is 1. The molecule has 0 amide bonds. The third-order valence-electron chi connectivity index (χ3n) is 2.93. The smallest absolute Gasteiger partial charge is 0.144 e. The van der Waals surface area contributed by atoms with Crippen molar-refractivity contribution in [3.8, 4) is 5.75 Å². The number of nitrogens with one attached hydrogen (secondary N) is 1. The Morgan fingerprint density at radius 2 is 1.75 bits per heavy atom. The number of phenols is 1. The summed E-state index contributed by atoms with van der Waals surface area (Å²) >= 11 is 10.4. The summed E-state index contributed by atoms with van der Waals surface area (Å²) in [4.78, 5) is 0. The van der Waals surface area contributed by atoms with Gasteiger partial charge in [0, 0.05) is 4.47 Å². The van der Waals surface area contributed by atoms with E-state index in [1.165, 1.54) is 5.56 Å². The van der Waals surface area contributed by atoms with Crippen molar-refractivity contribution in [3.05, 3.63) is 25.0 Å². The third-order valence-corrected chi connectivity index (χ3v) is 4.99. The molecule has 0 bridgehead atoms. The fourth-order valence-corrected chi connectivity index (χ4v) is 4.85. The predicted octanol–water partition coefficient (Wildman–Crippen LogP) is 4.15. The molecular weight excluding hydrogens is 402 g/mol. The summed E-state index contributed by atoms with van der Waals surface area (Å²) in [5.74, 6) is 0.792. The first-order valence-corrected chi connectivity index (χ1v) is 7.56. The van der Waals surface area contributed by atoms with E-state index in [0.29, 0.717) is 10.4 Å². The number of rotatable bonds is 1. The maximum Gasteiger partial charge on any atom is 0.144 e. The molecule has 1 heterocycles. The van der Waals surface area contributed by atoms with Crippen LogP contribution in [0, 0.1) is 0 Å². The maximum atomic E-state index is 9.91. The van der Waals surface area contributed by atoms with E-state index in [0.717, 1.165) is 34.9 Å². The van der Waals surface area contributed by atoms with Gasteiger partial charge >= 0.3 is 0 Å². The third kappa shape index (κ3) is 2.47. The van der Waals surface area contributed by atoms with Crippen LogP contribution in [0.25, 0.3) is 0 Å². The van der Waals surface area contributed by atoms with Crippen LogP contribution < -0.4 is 5.32 Å². The fourth-order valence-electron chi connectivity index (χ4n) is 2.08. The van der Waals surface area contributed by atoms with Gasteiger partial charge in [-0.3, -0.25) is 0 Å². The summed E-state index contributed by atoms with van der Waals surface area (Å²) in [6.45, 7) is 2.08. The Balaban J connectivity index is 2.42. The highest BCUT2D eigenvalue weighted by atomic mass is 79.9. The van der Waals surface area contributed by atoms with Gasteiger partial charge in [0.15, 0.2) is 0 Å². The van der Waals surface area contributed by atoms with Gasteiger partial charge in [-0.05, 0) is 75.3 Å². The van der Waals surface area contributed by atoms with Crippen LogP contribution in [-0.2, 0) is 0 Å². The van der Waals surface area contributed by atoms with Crippen molar-refractivity contribution in [2.45, 2.75) is 18.8 Å². The Morgan fingerprint density at radius 3 is 2.38 bits per heavy atom. The van der Waals surface area contributed by atoms with Crippen molar-refractivity contribution in [2.24, 2.45) is 0 Å². The summed E-state index contributed by atoms with van der Waals surface area (Å²) in [6.07, 6.45) is 2.22. The molecule has 0 radical (unpaired) electrons. The van der Waals surface area contributed by atoms with E-state index in [2.05, 4.69) is 53.1 Å². The van der Waals surface area contributed by atoms with Crippen LogP contribution in [0.2, 0.25) is 0 Å².